The number of hydrogen-bond donors (Lipinski definition) is 1. The fraction of sp³-hybridized carbons (Fsp3) is 0.267. The van der Waals surface area contributed by atoms with Crippen molar-refractivity contribution in [1.82, 2.24) is 9.78 Å². The Kier molecular flexibility index (Phi) is 4.93. The first-order valence-electron chi connectivity index (χ1n) is 7.16. The van der Waals surface area contributed by atoms with Gasteiger partial charge in [0.25, 0.3) is 12.1 Å². The summed E-state index contributed by atoms with van der Waals surface area (Å²) in [4.78, 5) is 33.7. The van der Waals surface area contributed by atoms with Crippen molar-refractivity contribution < 1.29 is 19.2 Å². The molecule has 2 N–H and O–H groups in total. The molecule has 24 heavy (non-hydrogen) atoms. The first-order valence-corrected chi connectivity index (χ1v) is 7.16. The van der Waals surface area contributed by atoms with Crippen LogP contribution in [0, 0.1) is 10.1 Å². The van der Waals surface area contributed by atoms with Crippen LogP contribution in [0.2, 0.25) is 0 Å². The zero-order valence-corrected chi connectivity index (χ0v) is 13.1. The number of nitrogens with zero attached hydrogens (tertiary/aromatic N) is 3. The Labute approximate surface area is 137 Å². The van der Waals surface area contributed by atoms with Crippen LogP contribution in [0.25, 0.3) is 0 Å². The smallest absolute Gasteiger partial charge is 0.361 e. The van der Waals surface area contributed by atoms with Gasteiger partial charge in [-0.25, -0.2) is 4.79 Å². The van der Waals surface area contributed by atoms with Crippen LogP contribution < -0.4 is 5.73 Å². The van der Waals surface area contributed by atoms with Gasteiger partial charge in [0, 0.05) is 6.92 Å². The van der Waals surface area contributed by atoms with Gasteiger partial charge in [-0.1, -0.05) is 28.8 Å². The molecular weight excluding hydrogens is 316 g/mol. The van der Waals surface area contributed by atoms with E-state index in [0.29, 0.717) is 5.56 Å². The van der Waals surface area contributed by atoms with Gasteiger partial charge in [-0.2, -0.15) is 0 Å². The van der Waals surface area contributed by atoms with E-state index in [-0.39, 0.29) is 5.56 Å². The van der Waals surface area contributed by atoms with E-state index in [9.17, 15) is 19.7 Å². The number of rotatable bonds is 6. The summed E-state index contributed by atoms with van der Waals surface area (Å²) in [5.74, 6) is -2.26. The normalized spacial score (nSPS) is 11.8. The molecule has 0 saturated carbocycles. The van der Waals surface area contributed by atoms with Gasteiger partial charge in [-0.05, 0) is 29.0 Å². The van der Waals surface area contributed by atoms with Crippen LogP contribution in [0.3, 0.4) is 0 Å². The van der Waals surface area contributed by atoms with Gasteiger partial charge < -0.3 is 20.6 Å². The highest BCUT2D eigenvalue weighted by atomic mass is 16.6. The minimum absolute atomic E-state index is 0.309. The Morgan fingerprint density at radius 3 is 2.50 bits per heavy atom. The monoisotopic (exact) mass is 332 g/mol. The predicted molar refractivity (Wildman–Crippen MR) is 83.3 cm³/mol. The van der Waals surface area contributed by atoms with Gasteiger partial charge >= 0.3 is 11.8 Å². The fourth-order valence-electron chi connectivity index (χ4n) is 2.13. The van der Waals surface area contributed by atoms with Crippen molar-refractivity contribution >= 4 is 17.7 Å². The molecule has 0 fully saturated rings. The fourth-order valence-corrected chi connectivity index (χ4v) is 2.13. The summed E-state index contributed by atoms with van der Waals surface area (Å²) >= 11 is 0. The molecule has 1 aromatic carbocycles. The summed E-state index contributed by atoms with van der Waals surface area (Å²) < 4.78 is 6.02. The summed E-state index contributed by atoms with van der Waals surface area (Å²) in [7, 11) is 0. The second-order valence-electron chi connectivity index (χ2n) is 5.00. The number of primary amides is 1. The van der Waals surface area contributed by atoms with Crippen LogP contribution in [0.4, 0.5) is 5.82 Å². The maximum absolute atomic E-state index is 12.1. The van der Waals surface area contributed by atoms with Crippen LogP contribution in [-0.2, 0) is 11.2 Å². The highest BCUT2D eigenvalue weighted by molar-refractivity contribution is 5.96. The summed E-state index contributed by atoms with van der Waals surface area (Å²) in [5.41, 5.74) is 6.10. The Morgan fingerprint density at radius 2 is 2.00 bits per heavy atom. The predicted octanol–water partition coefficient (Wildman–Crippen LogP) is 1.83. The molecule has 1 amide bonds. The number of benzene rings is 1. The molecule has 0 aliphatic carbocycles. The molecule has 0 aliphatic heterocycles. The highest BCUT2D eigenvalue weighted by Gasteiger charge is 2.30. The molecule has 0 bridgehead atoms. The van der Waals surface area contributed by atoms with E-state index in [1.807, 2.05) is 6.92 Å². The molecule has 0 saturated heterocycles. The molecule has 1 aromatic heterocycles. The topological polar surface area (TPSA) is 130 Å². The minimum atomic E-state index is -1.09. The molecule has 2 aromatic rings. The van der Waals surface area contributed by atoms with Crippen LogP contribution >= 0.6 is 0 Å². The van der Waals surface area contributed by atoms with E-state index in [1.165, 1.54) is 6.92 Å². The van der Waals surface area contributed by atoms with E-state index in [0.717, 1.165) is 22.9 Å². The molecule has 1 unspecified atom stereocenters. The van der Waals surface area contributed by atoms with Gasteiger partial charge in [-0.3, -0.25) is 4.79 Å². The number of aromatic nitrogens is 2. The molecule has 1 heterocycles. The Balaban J connectivity index is 2.22. The van der Waals surface area contributed by atoms with Crippen molar-refractivity contribution in [1.29, 1.82) is 0 Å². The largest absolute Gasteiger partial charge is 0.417 e. The van der Waals surface area contributed by atoms with E-state index < -0.39 is 28.8 Å². The zero-order chi connectivity index (χ0) is 17.9. The number of nitrogens with two attached hydrogens (primary N) is 1. The third-order valence-electron chi connectivity index (χ3n) is 3.43. The first-order chi connectivity index (χ1) is 11.3. The number of carbonyl (C=O) groups excluding carboxylic acids is 2. The van der Waals surface area contributed by atoms with Gasteiger partial charge in [0.05, 0.1) is 11.8 Å². The molecule has 0 radical (unpaired) electrons. The molecule has 9 nitrogen and oxygen atoms in total. The maximum Gasteiger partial charge on any atom is 0.361 e. The Bertz CT molecular complexity index is 782. The molecule has 0 spiro atoms. The number of hydrogen-bond acceptors (Lipinski definition) is 6. The number of amides is 1. The summed E-state index contributed by atoms with van der Waals surface area (Å²) in [6.45, 7) is 3.39. The van der Waals surface area contributed by atoms with Crippen LogP contribution in [0.1, 0.15) is 46.4 Å². The molecule has 126 valence electrons. The average molecular weight is 332 g/mol. The summed E-state index contributed by atoms with van der Waals surface area (Å²) in [6.07, 6.45) is 0.721. The lowest BCUT2D eigenvalue weighted by Crippen LogP contribution is -2.19. The van der Waals surface area contributed by atoms with Crippen molar-refractivity contribution in [2.24, 2.45) is 5.73 Å². The number of esters is 1. The first kappa shape index (κ1) is 17.1. The SMILES string of the molecule is CCc1ccc(C(=O)OC(C)n2ncc(C(N)=O)c2[N+](=O)[O-])cc1. The van der Waals surface area contributed by atoms with Gasteiger partial charge in [0.2, 0.25) is 0 Å². The van der Waals surface area contributed by atoms with Crippen molar-refractivity contribution in [3.63, 3.8) is 0 Å². The minimum Gasteiger partial charge on any atom is -0.417 e. The van der Waals surface area contributed by atoms with E-state index >= 15 is 0 Å². The lowest BCUT2D eigenvalue weighted by molar-refractivity contribution is -0.394. The number of nitro groups is 1. The molecule has 9 heteroatoms. The number of aryl methyl sites for hydroxylation is 1. The number of carbonyl (C=O) groups is 2. The van der Waals surface area contributed by atoms with Crippen LogP contribution in [-0.4, -0.2) is 26.6 Å². The Morgan fingerprint density at radius 1 is 1.38 bits per heavy atom. The zero-order valence-electron chi connectivity index (χ0n) is 13.1. The summed E-state index contributed by atoms with van der Waals surface area (Å²) in [5, 5.41) is 14.9. The maximum atomic E-state index is 12.1. The van der Waals surface area contributed by atoms with E-state index in [2.05, 4.69) is 5.10 Å². The second-order valence-corrected chi connectivity index (χ2v) is 5.00. The second kappa shape index (κ2) is 6.90. The third kappa shape index (κ3) is 3.40. The standard InChI is InChI=1S/C15H16N4O5/c1-3-10-4-6-11(7-5-10)15(21)24-9(2)18-14(19(22)23)12(8-17-18)13(16)20/h4-9H,3H2,1-2H3,(H2,16,20). The molecule has 0 aliphatic rings. The summed E-state index contributed by atoms with van der Waals surface area (Å²) in [6, 6.07) is 6.81. The van der Waals surface area contributed by atoms with Crippen molar-refractivity contribution in [3.05, 3.63) is 57.3 Å². The number of ether oxygens (including phenoxy) is 1. The van der Waals surface area contributed by atoms with Crippen molar-refractivity contribution in [3.8, 4) is 0 Å². The van der Waals surface area contributed by atoms with Crippen molar-refractivity contribution in [2.45, 2.75) is 26.5 Å². The lowest BCUT2D eigenvalue weighted by atomic mass is 10.1. The van der Waals surface area contributed by atoms with Crippen LogP contribution in [0.5, 0.6) is 0 Å². The molecule has 1 atom stereocenters. The van der Waals surface area contributed by atoms with Gasteiger partial charge in [-0.15, -0.1) is 0 Å². The highest BCUT2D eigenvalue weighted by Crippen LogP contribution is 2.23. The lowest BCUT2D eigenvalue weighted by Gasteiger charge is -2.11. The quantitative estimate of drug-likeness (QED) is 0.488. The Hall–Kier alpha value is -3.23. The molecular formula is C15H16N4O5. The average Bonchev–Trinajstić information content (AvgIpc) is 3.00. The van der Waals surface area contributed by atoms with E-state index in [4.69, 9.17) is 10.5 Å². The van der Waals surface area contributed by atoms with E-state index in [1.54, 1.807) is 24.3 Å². The third-order valence-corrected chi connectivity index (χ3v) is 3.43. The molecule has 2 rings (SSSR count). The van der Waals surface area contributed by atoms with Crippen LogP contribution in [0.15, 0.2) is 30.5 Å². The van der Waals surface area contributed by atoms with Gasteiger partial charge in [0.1, 0.15) is 0 Å². The van der Waals surface area contributed by atoms with Gasteiger partial charge in [0.15, 0.2) is 5.56 Å². The van der Waals surface area contributed by atoms with Crippen molar-refractivity contribution in [2.75, 3.05) is 0 Å².